The van der Waals surface area contributed by atoms with Crippen LogP contribution < -0.4 is 11.1 Å². The van der Waals surface area contributed by atoms with Gasteiger partial charge < -0.3 is 20.7 Å². The zero-order valence-electron chi connectivity index (χ0n) is 16.9. The zero-order valence-corrected chi connectivity index (χ0v) is 18.5. The summed E-state index contributed by atoms with van der Waals surface area (Å²) >= 11 is 0. The molecular formula is C19H33Cl2N5O2. The summed E-state index contributed by atoms with van der Waals surface area (Å²) in [5.41, 5.74) is 6.99. The molecule has 9 heteroatoms. The van der Waals surface area contributed by atoms with E-state index in [0.29, 0.717) is 30.4 Å². The Balaban J connectivity index is 0.00000196. The van der Waals surface area contributed by atoms with Gasteiger partial charge in [0.25, 0.3) is 0 Å². The summed E-state index contributed by atoms with van der Waals surface area (Å²) in [7, 11) is 1.66. The van der Waals surface area contributed by atoms with Crippen LogP contribution in [0.1, 0.15) is 57.0 Å². The number of amides is 1. The van der Waals surface area contributed by atoms with Gasteiger partial charge in [0, 0.05) is 55.9 Å². The van der Waals surface area contributed by atoms with Gasteiger partial charge in [-0.15, -0.1) is 24.8 Å². The Morgan fingerprint density at radius 3 is 2.46 bits per heavy atom. The number of piperidine rings is 1. The minimum absolute atomic E-state index is 0. The van der Waals surface area contributed by atoms with E-state index in [-0.39, 0.29) is 36.6 Å². The first-order valence-corrected chi connectivity index (χ1v) is 9.64. The number of carbonyl (C=O) groups is 1. The topological polar surface area (TPSA) is 93.4 Å². The Labute approximate surface area is 180 Å². The lowest BCUT2D eigenvalue weighted by molar-refractivity contribution is -0.135. The van der Waals surface area contributed by atoms with Crippen molar-refractivity contribution in [2.75, 3.05) is 25.5 Å². The van der Waals surface area contributed by atoms with Gasteiger partial charge in [-0.25, -0.2) is 9.97 Å². The maximum atomic E-state index is 12.1. The van der Waals surface area contributed by atoms with Crippen molar-refractivity contribution in [2.45, 2.75) is 64.1 Å². The lowest BCUT2D eigenvalue weighted by atomic mass is 9.78. The van der Waals surface area contributed by atoms with E-state index >= 15 is 0 Å². The standard InChI is InChI=1S/C19H31N5O2.2ClH/c1-12(2)19(25)24-6-4-15(5-7-24)21-17-10-16(13-8-14(20)9-13)22-18(23-17)11-26-3;;/h10,12-15H,4-9,11,20H2,1-3H3,(H,21,22,23);2*1H. The fraction of sp³-hybridized carbons (Fsp3) is 0.737. The summed E-state index contributed by atoms with van der Waals surface area (Å²) in [4.78, 5) is 23.3. The Morgan fingerprint density at radius 2 is 1.93 bits per heavy atom. The van der Waals surface area contributed by atoms with Crippen LogP contribution in [-0.2, 0) is 16.1 Å². The Bertz CT molecular complexity index is 633. The van der Waals surface area contributed by atoms with E-state index in [9.17, 15) is 4.79 Å². The van der Waals surface area contributed by atoms with Crippen LogP contribution in [0, 0.1) is 5.92 Å². The first-order chi connectivity index (χ1) is 12.5. The molecule has 0 unspecified atom stereocenters. The maximum Gasteiger partial charge on any atom is 0.225 e. The van der Waals surface area contributed by atoms with Crippen molar-refractivity contribution in [1.29, 1.82) is 0 Å². The van der Waals surface area contributed by atoms with Crippen molar-refractivity contribution in [1.82, 2.24) is 14.9 Å². The van der Waals surface area contributed by atoms with Crippen LogP contribution in [0.3, 0.4) is 0 Å². The van der Waals surface area contributed by atoms with Gasteiger partial charge in [0.05, 0.1) is 0 Å². The SMILES string of the molecule is COCc1nc(NC2CCN(C(=O)C(C)C)CC2)cc(C2CC(N)C2)n1.Cl.Cl. The lowest BCUT2D eigenvalue weighted by Crippen LogP contribution is -2.44. The minimum Gasteiger partial charge on any atom is -0.377 e. The van der Waals surface area contributed by atoms with Gasteiger partial charge in [0.1, 0.15) is 12.4 Å². The predicted molar refractivity (Wildman–Crippen MR) is 115 cm³/mol. The van der Waals surface area contributed by atoms with Crippen molar-refractivity contribution >= 4 is 36.5 Å². The van der Waals surface area contributed by atoms with Gasteiger partial charge in [-0.2, -0.15) is 0 Å². The number of halogens is 2. The smallest absolute Gasteiger partial charge is 0.225 e. The second-order valence-corrected chi connectivity index (χ2v) is 7.85. The molecule has 2 aliphatic rings. The zero-order chi connectivity index (χ0) is 18.7. The molecule has 0 radical (unpaired) electrons. The highest BCUT2D eigenvalue weighted by atomic mass is 35.5. The van der Waals surface area contributed by atoms with E-state index < -0.39 is 0 Å². The fourth-order valence-electron chi connectivity index (χ4n) is 3.72. The van der Waals surface area contributed by atoms with E-state index in [0.717, 1.165) is 50.3 Å². The van der Waals surface area contributed by atoms with Crippen LogP contribution in [0.2, 0.25) is 0 Å². The highest BCUT2D eigenvalue weighted by molar-refractivity contribution is 5.85. The minimum atomic E-state index is 0. The van der Waals surface area contributed by atoms with E-state index in [1.54, 1.807) is 7.11 Å². The molecule has 0 bridgehead atoms. The highest BCUT2D eigenvalue weighted by Gasteiger charge is 2.30. The number of rotatable bonds is 6. The molecule has 0 atom stereocenters. The van der Waals surface area contributed by atoms with Crippen LogP contribution in [0.25, 0.3) is 0 Å². The molecule has 160 valence electrons. The van der Waals surface area contributed by atoms with Crippen LogP contribution >= 0.6 is 24.8 Å². The predicted octanol–water partition coefficient (Wildman–Crippen LogP) is 2.73. The summed E-state index contributed by atoms with van der Waals surface area (Å²) in [6, 6.07) is 2.68. The van der Waals surface area contributed by atoms with E-state index in [2.05, 4.69) is 21.4 Å². The molecule has 1 aromatic heterocycles. The number of nitrogens with two attached hydrogens (primary N) is 1. The number of methoxy groups -OCH3 is 1. The van der Waals surface area contributed by atoms with Gasteiger partial charge in [-0.05, 0) is 25.7 Å². The number of hydrogen-bond acceptors (Lipinski definition) is 6. The Hall–Kier alpha value is -1.15. The van der Waals surface area contributed by atoms with Gasteiger partial charge in [-0.1, -0.05) is 13.8 Å². The van der Waals surface area contributed by atoms with Gasteiger partial charge in [-0.3, -0.25) is 4.79 Å². The average Bonchev–Trinajstić information content (AvgIpc) is 2.59. The molecule has 1 saturated carbocycles. The van der Waals surface area contributed by atoms with Crippen LogP contribution in [0.4, 0.5) is 5.82 Å². The van der Waals surface area contributed by atoms with Crippen molar-refractivity contribution in [3.05, 3.63) is 17.6 Å². The monoisotopic (exact) mass is 433 g/mol. The highest BCUT2D eigenvalue weighted by Crippen LogP contribution is 2.35. The number of nitrogens with zero attached hydrogens (tertiary/aromatic N) is 3. The summed E-state index contributed by atoms with van der Waals surface area (Å²) in [5, 5.41) is 3.55. The molecule has 3 rings (SSSR count). The van der Waals surface area contributed by atoms with Crippen molar-refractivity contribution in [2.24, 2.45) is 11.7 Å². The summed E-state index contributed by atoms with van der Waals surface area (Å²) < 4.78 is 5.22. The normalized spacial score (nSPS) is 22.1. The summed E-state index contributed by atoms with van der Waals surface area (Å²) in [6.07, 6.45) is 3.84. The number of aromatic nitrogens is 2. The molecule has 1 aliphatic heterocycles. The molecule has 2 fully saturated rings. The van der Waals surface area contributed by atoms with E-state index in [4.69, 9.17) is 10.5 Å². The van der Waals surface area contributed by atoms with Crippen molar-refractivity contribution in [3.63, 3.8) is 0 Å². The molecule has 3 N–H and O–H groups in total. The molecule has 7 nitrogen and oxygen atoms in total. The number of ether oxygens (including phenoxy) is 1. The molecular weight excluding hydrogens is 401 g/mol. The molecule has 0 aromatic carbocycles. The third-order valence-corrected chi connectivity index (χ3v) is 5.31. The van der Waals surface area contributed by atoms with Crippen LogP contribution in [-0.4, -0.2) is 53.1 Å². The number of hydrogen-bond donors (Lipinski definition) is 2. The third-order valence-electron chi connectivity index (χ3n) is 5.31. The van der Waals surface area contributed by atoms with E-state index in [1.807, 2.05) is 18.7 Å². The van der Waals surface area contributed by atoms with Gasteiger partial charge in [0.15, 0.2) is 5.82 Å². The Morgan fingerprint density at radius 1 is 1.29 bits per heavy atom. The number of carbonyl (C=O) groups excluding carboxylic acids is 1. The molecule has 0 spiro atoms. The van der Waals surface area contributed by atoms with Gasteiger partial charge in [0.2, 0.25) is 5.91 Å². The number of nitrogens with one attached hydrogen (secondary N) is 1. The number of likely N-dealkylation sites (tertiary alicyclic amines) is 1. The van der Waals surface area contributed by atoms with Gasteiger partial charge >= 0.3 is 0 Å². The molecule has 2 heterocycles. The first-order valence-electron chi connectivity index (χ1n) is 9.64. The molecule has 1 aromatic rings. The lowest BCUT2D eigenvalue weighted by Gasteiger charge is -2.34. The molecule has 28 heavy (non-hydrogen) atoms. The molecule has 1 amide bonds. The van der Waals surface area contributed by atoms with E-state index in [1.165, 1.54) is 0 Å². The molecule has 1 aliphatic carbocycles. The Kier molecular flexibility index (Phi) is 9.90. The van der Waals surface area contributed by atoms with Crippen LogP contribution in [0.5, 0.6) is 0 Å². The second kappa shape index (κ2) is 11.1. The fourth-order valence-corrected chi connectivity index (χ4v) is 3.72. The quantitative estimate of drug-likeness (QED) is 0.715. The van der Waals surface area contributed by atoms with Crippen molar-refractivity contribution < 1.29 is 9.53 Å². The van der Waals surface area contributed by atoms with Crippen molar-refractivity contribution in [3.8, 4) is 0 Å². The number of anilines is 1. The summed E-state index contributed by atoms with van der Waals surface area (Å²) in [5.74, 6) is 2.30. The molecule has 1 saturated heterocycles. The summed E-state index contributed by atoms with van der Waals surface area (Å²) in [6.45, 7) is 5.92. The largest absolute Gasteiger partial charge is 0.377 e. The first kappa shape index (κ1) is 24.9. The third kappa shape index (κ3) is 6.17. The second-order valence-electron chi connectivity index (χ2n) is 7.85. The average molecular weight is 434 g/mol. The maximum absolute atomic E-state index is 12.1. The van der Waals surface area contributed by atoms with Crippen LogP contribution in [0.15, 0.2) is 6.07 Å².